The van der Waals surface area contributed by atoms with Crippen LogP contribution in [0.2, 0.25) is 0 Å². The van der Waals surface area contributed by atoms with Gasteiger partial charge in [-0.25, -0.2) is 4.98 Å². The molecule has 0 unspecified atom stereocenters. The summed E-state index contributed by atoms with van der Waals surface area (Å²) in [7, 11) is 0. The number of hydrogen-bond donors (Lipinski definition) is 1. The fraction of sp³-hybridized carbons (Fsp3) is 0.235. The molecule has 0 aliphatic carbocycles. The lowest BCUT2D eigenvalue weighted by molar-refractivity contribution is 0.536. The smallest absolute Gasteiger partial charge is 0.141 e. The highest BCUT2D eigenvalue weighted by Gasteiger charge is 2.12. The highest BCUT2D eigenvalue weighted by atomic mass is 15.1. The largest absolute Gasteiger partial charge is 0.399 e. The Balaban J connectivity index is 2.20. The number of anilines is 1. The van der Waals surface area contributed by atoms with Gasteiger partial charge < -0.3 is 10.3 Å². The zero-order valence-electron chi connectivity index (χ0n) is 11.9. The number of nitrogens with zero attached hydrogens (tertiary/aromatic N) is 2. The van der Waals surface area contributed by atoms with Crippen LogP contribution in [0.4, 0.5) is 5.69 Å². The summed E-state index contributed by atoms with van der Waals surface area (Å²) < 4.78 is 2.30. The second-order valence-corrected chi connectivity index (χ2v) is 5.55. The van der Waals surface area contributed by atoms with E-state index in [4.69, 9.17) is 10.7 Å². The van der Waals surface area contributed by atoms with Crippen molar-refractivity contribution in [1.29, 1.82) is 0 Å². The quantitative estimate of drug-likeness (QED) is 0.729. The van der Waals surface area contributed by atoms with E-state index in [1.54, 1.807) is 0 Å². The molecule has 0 saturated carbocycles. The van der Waals surface area contributed by atoms with E-state index in [2.05, 4.69) is 36.6 Å². The van der Waals surface area contributed by atoms with Gasteiger partial charge in [-0.15, -0.1) is 0 Å². The zero-order valence-corrected chi connectivity index (χ0v) is 11.9. The van der Waals surface area contributed by atoms with Crippen LogP contribution in [0, 0.1) is 5.92 Å². The van der Waals surface area contributed by atoms with Crippen LogP contribution in [0.25, 0.3) is 22.4 Å². The maximum Gasteiger partial charge on any atom is 0.141 e. The van der Waals surface area contributed by atoms with Crippen molar-refractivity contribution in [3.05, 3.63) is 48.5 Å². The number of imidazole rings is 1. The maximum atomic E-state index is 5.77. The molecule has 3 rings (SSSR count). The molecule has 0 fully saturated rings. The number of nitrogens with two attached hydrogens (primary N) is 1. The van der Waals surface area contributed by atoms with E-state index in [0.29, 0.717) is 5.92 Å². The van der Waals surface area contributed by atoms with E-state index < -0.39 is 0 Å². The van der Waals surface area contributed by atoms with E-state index >= 15 is 0 Å². The van der Waals surface area contributed by atoms with Crippen molar-refractivity contribution < 1.29 is 0 Å². The molecule has 3 nitrogen and oxygen atoms in total. The van der Waals surface area contributed by atoms with Crippen LogP contribution in [0.3, 0.4) is 0 Å². The van der Waals surface area contributed by atoms with E-state index in [1.807, 2.05) is 30.3 Å². The van der Waals surface area contributed by atoms with E-state index in [1.165, 1.54) is 5.52 Å². The lowest BCUT2D eigenvalue weighted by atomic mass is 10.1. The minimum absolute atomic E-state index is 0.570. The van der Waals surface area contributed by atoms with Crippen molar-refractivity contribution in [3.8, 4) is 11.4 Å². The molecule has 0 saturated heterocycles. The molecular weight excluding hydrogens is 246 g/mol. The Morgan fingerprint density at radius 1 is 1.05 bits per heavy atom. The Morgan fingerprint density at radius 2 is 1.75 bits per heavy atom. The molecule has 0 aliphatic rings. The number of benzene rings is 2. The summed E-state index contributed by atoms with van der Waals surface area (Å²) in [6.07, 6.45) is 0. The van der Waals surface area contributed by atoms with Gasteiger partial charge in [0.15, 0.2) is 0 Å². The van der Waals surface area contributed by atoms with Gasteiger partial charge in [0.25, 0.3) is 0 Å². The van der Waals surface area contributed by atoms with E-state index in [9.17, 15) is 0 Å². The monoisotopic (exact) mass is 265 g/mol. The molecule has 0 spiro atoms. The molecular formula is C17H19N3. The van der Waals surface area contributed by atoms with Gasteiger partial charge in [-0.3, -0.25) is 0 Å². The number of fused-ring (bicyclic) bond motifs is 1. The van der Waals surface area contributed by atoms with Gasteiger partial charge in [-0.05, 0) is 42.3 Å². The highest BCUT2D eigenvalue weighted by Crippen LogP contribution is 2.26. The molecule has 20 heavy (non-hydrogen) atoms. The fourth-order valence-corrected chi connectivity index (χ4v) is 2.48. The second-order valence-electron chi connectivity index (χ2n) is 5.55. The first-order chi connectivity index (χ1) is 9.65. The van der Waals surface area contributed by atoms with Crippen molar-refractivity contribution in [2.45, 2.75) is 20.4 Å². The zero-order chi connectivity index (χ0) is 14.1. The van der Waals surface area contributed by atoms with Crippen LogP contribution >= 0.6 is 0 Å². The molecule has 0 atom stereocenters. The summed E-state index contributed by atoms with van der Waals surface area (Å²) in [5, 5.41) is 0. The third-order valence-corrected chi connectivity index (χ3v) is 3.37. The van der Waals surface area contributed by atoms with Gasteiger partial charge in [-0.2, -0.15) is 0 Å². The maximum absolute atomic E-state index is 5.77. The molecule has 102 valence electrons. The second kappa shape index (κ2) is 5.00. The molecule has 2 N–H and O–H groups in total. The Hall–Kier alpha value is -2.29. The summed E-state index contributed by atoms with van der Waals surface area (Å²) in [5.74, 6) is 1.58. The Morgan fingerprint density at radius 3 is 2.45 bits per heavy atom. The highest BCUT2D eigenvalue weighted by molar-refractivity contribution is 5.80. The van der Waals surface area contributed by atoms with Crippen molar-refractivity contribution >= 4 is 16.7 Å². The normalized spacial score (nSPS) is 11.3. The molecule has 1 heterocycles. The van der Waals surface area contributed by atoms with Gasteiger partial charge >= 0.3 is 0 Å². The van der Waals surface area contributed by atoms with Crippen molar-refractivity contribution in [2.24, 2.45) is 5.92 Å². The van der Waals surface area contributed by atoms with Crippen molar-refractivity contribution in [2.75, 3.05) is 5.73 Å². The summed E-state index contributed by atoms with van der Waals surface area (Å²) >= 11 is 0. The first-order valence-corrected chi connectivity index (χ1v) is 6.96. The van der Waals surface area contributed by atoms with Crippen LogP contribution in [-0.2, 0) is 6.54 Å². The van der Waals surface area contributed by atoms with Gasteiger partial charge in [0.1, 0.15) is 5.82 Å². The van der Waals surface area contributed by atoms with Gasteiger partial charge in [0, 0.05) is 17.8 Å². The molecule has 1 aromatic heterocycles. The number of rotatable bonds is 3. The van der Waals surface area contributed by atoms with E-state index in [-0.39, 0.29) is 0 Å². The first-order valence-electron chi connectivity index (χ1n) is 6.96. The van der Waals surface area contributed by atoms with Crippen LogP contribution < -0.4 is 5.73 Å². The topological polar surface area (TPSA) is 43.8 Å². The van der Waals surface area contributed by atoms with Crippen molar-refractivity contribution in [3.63, 3.8) is 0 Å². The number of para-hydroxylation sites is 2. The summed E-state index contributed by atoms with van der Waals surface area (Å²) in [6, 6.07) is 16.2. The van der Waals surface area contributed by atoms with Crippen LogP contribution in [0.15, 0.2) is 48.5 Å². The predicted molar refractivity (Wildman–Crippen MR) is 84.4 cm³/mol. The summed E-state index contributed by atoms with van der Waals surface area (Å²) in [5.41, 5.74) is 9.89. The van der Waals surface area contributed by atoms with Crippen LogP contribution in [0.5, 0.6) is 0 Å². The lowest BCUT2D eigenvalue weighted by Crippen LogP contribution is -2.06. The van der Waals surface area contributed by atoms with Crippen LogP contribution in [0.1, 0.15) is 13.8 Å². The summed E-state index contributed by atoms with van der Waals surface area (Å²) in [6.45, 7) is 5.41. The number of nitrogen functional groups attached to an aromatic ring is 1. The minimum atomic E-state index is 0.570. The fourth-order valence-electron chi connectivity index (χ4n) is 2.48. The van der Waals surface area contributed by atoms with Crippen LogP contribution in [-0.4, -0.2) is 9.55 Å². The lowest BCUT2D eigenvalue weighted by Gasteiger charge is -2.12. The average Bonchev–Trinajstić information content (AvgIpc) is 2.78. The van der Waals surface area contributed by atoms with Crippen molar-refractivity contribution in [1.82, 2.24) is 9.55 Å². The SMILES string of the molecule is CC(C)Cn1c(-c2ccc(N)cc2)nc2ccccc21. The molecule has 2 aromatic carbocycles. The van der Waals surface area contributed by atoms with Gasteiger partial charge in [0.2, 0.25) is 0 Å². The average molecular weight is 265 g/mol. The molecule has 3 aromatic rings. The minimum Gasteiger partial charge on any atom is -0.399 e. The molecule has 0 aliphatic heterocycles. The Kier molecular flexibility index (Phi) is 3.18. The molecule has 3 heteroatoms. The standard InChI is InChI=1S/C17H19N3/c1-12(2)11-20-16-6-4-3-5-15(16)19-17(20)13-7-9-14(18)10-8-13/h3-10,12H,11,18H2,1-2H3. The van der Waals surface area contributed by atoms with Gasteiger partial charge in [-0.1, -0.05) is 26.0 Å². The molecule has 0 amide bonds. The first kappa shape index (κ1) is 12.7. The van der Waals surface area contributed by atoms with Gasteiger partial charge in [0.05, 0.1) is 11.0 Å². The Labute approximate surface area is 119 Å². The Bertz CT molecular complexity index is 724. The number of aromatic nitrogens is 2. The molecule has 0 bridgehead atoms. The molecule has 0 radical (unpaired) electrons. The predicted octanol–water partition coefficient (Wildman–Crippen LogP) is 3.94. The summed E-state index contributed by atoms with van der Waals surface area (Å²) in [4.78, 5) is 4.79. The third-order valence-electron chi connectivity index (χ3n) is 3.37. The number of hydrogen-bond acceptors (Lipinski definition) is 2. The third kappa shape index (κ3) is 2.27. The van der Waals surface area contributed by atoms with E-state index in [0.717, 1.165) is 29.1 Å².